The summed E-state index contributed by atoms with van der Waals surface area (Å²) in [6.45, 7) is 6.94. The van der Waals surface area contributed by atoms with E-state index in [1.807, 2.05) is 11.8 Å². The van der Waals surface area contributed by atoms with Crippen molar-refractivity contribution in [3.8, 4) is 0 Å². The molecule has 0 spiro atoms. The predicted octanol–water partition coefficient (Wildman–Crippen LogP) is 2.20. The van der Waals surface area contributed by atoms with Gasteiger partial charge < -0.3 is 10.2 Å². The van der Waals surface area contributed by atoms with Gasteiger partial charge in [0.05, 0.1) is 6.04 Å². The average Bonchev–Trinajstić information content (AvgIpc) is 2.53. The number of rotatable bonds is 4. The smallest absolute Gasteiger partial charge is 0.239 e. The van der Waals surface area contributed by atoms with E-state index in [1.54, 1.807) is 0 Å². The highest BCUT2D eigenvalue weighted by molar-refractivity contribution is 5.85. The maximum atomic E-state index is 12.0. The van der Waals surface area contributed by atoms with Gasteiger partial charge >= 0.3 is 0 Å². The van der Waals surface area contributed by atoms with Crippen LogP contribution in [0.3, 0.4) is 0 Å². The Morgan fingerprint density at radius 1 is 1.25 bits per heavy atom. The number of likely N-dealkylation sites (tertiary alicyclic amines) is 1. The zero-order valence-electron chi connectivity index (χ0n) is 10.5. The highest BCUT2D eigenvalue weighted by Gasteiger charge is 2.20. The number of nitrogens with one attached hydrogen (secondary N) is 1. The maximum absolute atomic E-state index is 12.0. The monoisotopic (exact) mass is 248 g/mol. The van der Waals surface area contributed by atoms with Crippen LogP contribution in [0.25, 0.3) is 0 Å². The lowest BCUT2D eigenvalue weighted by molar-refractivity contribution is -0.133. The van der Waals surface area contributed by atoms with E-state index in [4.69, 9.17) is 0 Å². The van der Waals surface area contributed by atoms with Gasteiger partial charge in [0.25, 0.3) is 0 Å². The third kappa shape index (κ3) is 5.17. The summed E-state index contributed by atoms with van der Waals surface area (Å²) < 4.78 is 0. The fraction of sp³-hybridized carbons (Fsp3) is 0.917. The summed E-state index contributed by atoms with van der Waals surface area (Å²) in [6.07, 6.45) is 5.98. The number of carbonyl (C=O) groups is 1. The van der Waals surface area contributed by atoms with Gasteiger partial charge in [0.15, 0.2) is 0 Å². The van der Waals surface area contributed by atoms with Crippen molar-refractivity contribution < 1.29 is 4.79 Å². The first-order valence-electron chi connectivity index (χ1n) is 6.28. The van der Waals surface area contributed by atoms with Crippen molar-refractivity contribution in [3.05, 3.63) is 0 Å². The molecule has 0 aromatic heterocycles. The van der Waals surface area contributed by atoms with E-state index in [2.05, 4.69) is 12.2 Å². The summed E-state index contributed by atoms with van der Waals surface area (Å²) in [5.41, 5.74) is 0. The van der Waals surface area contributed by atoms with Gasteiger partial charge in [-0.1, -0.05) is 19.8 Å². The standard InChI is InChI=1S/C12H24N2O.ClH/c1-3-8-13-11(2)12(15)14-9-6-4-5-7-10-14;/h11,13H,3-10H2,1-2H3;1H. The van der Waals surface area contributed by atoms with Crippen LogP contribution in [0.2, 0.25) is 0 Å². The first-order valence-corrected chi connectivity index (χ1v) is 6.28. The quantitative estimate of drug-likeness (QED) is 0.827. The molecule has 0 bridgehead atoms. The van der Waals surface area contributed by atoms with Crippen LogP contribution in [0.4, 0.5) is 0 Å². The fourth-order valence-electron chi connectivity index (χ4n) is 2.01. The molecule has 0 aliphatic carbocycles. The molecule has 1 aliphatic rings. The maximum Gasteiger partial charge on any atom is 0.239 e. The van der Waals surface area contributed by atoms with Crippen molar-refractivity contribution in [2.45, 2.75) is 52.0 Å². The molecule has 96 valence electrons. The Hall–Kier alpha value is -0.280. The van der Waals surface area contributed by atoms with Gasteiger partial charge in [-0.25, -0.2) is 0 Å². The lowest BCUT2D eigenvalue weighted by atomic mass is 10.2. The molecule has 0 radical (unpaired) electrons. The normalized spacial score (nSPS) is 18.5. The number of hydrogen-bond donors (Lipinski definition) is 1. The van der Waals surface area contributed by atoms with Gasteiger partial charge in [-0.15, -0.1) is 12.4 Å². The molecule has 1 fully saturated rings. The van der Waals surface area contributed by atoms with Crippen molar-refractivity contribution in [3.63, 3.8) is 0 Å². The van der Waals surface area contributed by atoms with Crippen LogP contribution in [0.5, 0.6) is 0 Å². The summed E-state index contributed by atoms with van der Waals surface area (Å²) in [5, 5.41) is 3.26. The van der Waals surface area contributed by atoms with Crippen molar-refractivity contribution in [1.29, 1.82) is 0 Å². The Bertz CT molecular complexity index is 191. The van der Waals surface area contributed by atoms with Gasteiger partial charge in [-0.3, -0.25) is 4.79 Å². The second-order valence-electron chi connectivity index (χ2n) is 4.42. The third-order valence-corrected chi connectivity index (χ3v) is 2.99. The molecule has 1 rings (SSSR count). The lowest BCUT2D eigenvalue weighted by Gasteiger charge is -2.24. The van der Waals surface area contributed by atoms with Crippen LogP contribution in [0, 0.1) is 0 Å². The van der Waals surface area contributed by atoms with Crippen LogP contribution < -0.4 is 5.32 Å². The van der Waals surface area contributed by atoms with E-state index in [0.29, 0.717) is 0 Å². The zero-order chi connectivity index (χ0) is 11.1. The number of halogens is 1. The predicted molar refractivity (Wildman–Crippen MR) is 70.1 cm³/mol. The van der Waals surface area contributed by atoms with E-state index < -0.39 is 0 Å². The topological polar surface area (TPSA) is 32.3 Å². The number of carbonyl (C=O) groups excluding carboxylic acids is 1. The Kier molecular flexibility index (Phi) is 8.67. The largest absolute Gasteiger partial charge is 0.341 e. The molecule has 0 aromatic rings. The van der Waals surface area contributed by atoms with Crippen LogP contribution in [0.15, 0.2) is 0 Å². The van der Waals surface area contributed by atoms with Gasteiger partial charge in [0.1, 0.15) is 0 Å². The average molecular weight is 249 g/mol. The summed E-state index contributed by atoms with van der Waals surface area (Å²) >= 11 is 0. The second-order valence-corrected chi connectivity index (χ2v) is 4.42. The minimum atomic E-state index is -0.0111. The molecular formula is C12H25ClN2O. The van der Waals surface area contributed by atoms with Crippen molar-refractivity contribution in [2.75, 3.05) is 19.6 Å². The second kappa shape index (κ2) is 8.82. The van der Waals surface area contributed by atoms with Gasteiger partial charge in [-0.2, -0.15) is 0 Å². The fourth-order valence-corrected chi connectivity index (χ4v) is 2.01. The molecule has 1 heterocycles. The molecule has 3 nitrogen and oxygen atoms in total. The van der Waals surface area contributed by atoms with Crippen molar-refractivity contribution in [1.82, 2.24) is 10.2 Å². The Balaban J connectivity index is 0.00000225. The number of hydrogen-bond acceptors (Lipinski definition) is 2. The summed E-state index contributed by atoms with van der Waals surface area (Å²) in [7, 11) is 0. The molecule has 4 heteroatoms. The minimum Gasteiger partial charge on any atom is -0.341 e. The SMILES string of the molecule is CCCNC(C)C(=O)N1CCCCCC1.Cl. The van der Waals surface area contributed by atoms with E-state index in [-0.39, 0.29) is 24.4 Å². The van der Waals surface area contributed by atoms with E-state index >= 15 is 0 Å². The molecule has 0 aromatic carbocycles. The van der Waals surface area contributed by atoms with Crippen LogP contribution in [-0.4, -0.2) is 36.5 Å². The molecule has 1 N–H and O–H groups in total. The first kappa shape index (κ1) is 15.7. The van der Waals surface area contributed by atoms with E-state index in [0.717, 1.165) is 26.1 Å². The molecule has 0 saturated carbocycles. The minimum absolute atomic E-state index is 0. The molecule has 1 atom stereocenters. The van der Waals surface area contributed by atoms with Crippen LogP contribution >= 0.6 is 12.4 Å². The highest BCUT2D eigenvalue weighted by Crippen LogP contribution is 2.10. The van der Waals surface area contributed by atoms with Crippen LogP contribution in [0.1, 0.15) is 46.0 Å². The van der Waals surface area contributed by atoms with Gasteiger partial charge in [-0.05, 0) is 32.7 Å². The summed E-state index contributed by atoms with van der Waals surface area (Å²) in [4.78, 5) is 14.0. The Morgan fingerprint density at radius 2 is 1.81 bits per heavy atom. The molecule has 16 heavy (non-hydrogen) atoms. The van der Waals surface area contributed by atoms with Crippen LogP contribution in [-0.2, 0) is 4.79 Å². The van der Waals surface area contributed by atoms with Gasteiger partial charge in [0, 0.05) is 13.1 Å². The highest BCUT2D eigenvalue weighted by atomic mass is 35.5. The van der Waals surface area contributed by atoms with Crippen molar-refractivity contribution >= 4 is 18.3 Å². The Labute approximate surface area is 105 Å². The lowest BCUT2D eigenvalue weighted by Crippen LogP contribution is -2.45. The van der Waals surface area contributed by atoms with E-state index in [1.165, 1.54) is 25.7 Å². The van der Waals surface area contributed by atoms with Crippen molar-refractivity contribution in [2.24, 2.45) is 0 Å². The summed E-state index contributed by atoms with van der Waals surface area (Å²) in [6, 6.07) is -0.0111. The molecule has 1 unspecified atom stereocenters. The van der Waals surface area contributed by atoms with Gasteiger partial charge in [0.2, 0.25) is 5.91 Å². The number of nitrogens with zero attached hydrogens (tertiary/aromatic N) is 1. The first-order chi connectivity index (χ1) is 7.25. The molecule has 1 saturated heterocycles. The third-order valence-electron chi connectivity index (χ3n) is 2.99. The number of amides is 1. The van der Waals surface area contributed by atoms with E-state index in [9.17, 15) is 4.79 Å². The zero-order valence-corrected chi connectivity index (χ0v) is 11.3. The summed E-state index contributed by atoms with van der Waals surface area (Å²) in [5.74, 6) is 0.283. The molecule has 1 aliphatic heterocycles. The Morgan fingerprint density at radius 3 is 2.31 bits per heavy atom. The molecule has 1 amide bonds. The molecular weight excluding hydrogens is 224 g/mol.